The summed E-state index contributed by atoms with van der Waals surface area (Å²) in [5.41, 5.74) is -0.339. The van der Waals surface area contributed by atoms with Crippen LogP contribution in [0.25, 0.3) is 11.5 Å². The third kappa shape index (κ3) is 2.89. The van der Waals surface area contributed by atoms with Gasteiger partial charge in [-0.1, -0.05) is 6.92 Å². The van der Waals surface area contributed by atoms with E-state index in [1.807, 2.05) is 6.92 Å². The first-order valence-corrected chi connectivity index (χ1v) is 6.46. The van der Waals surface area contributed by atoms with Crippen LogP contribution in [-0.2, 0) is 13.2 Å². The summed E-state index contributed by atoms with van der Waals surface area (Å²) in [4.78, 5) is 4.36. The maximum atomic E-state index is 12.7. The highest BCUT2D eigenvalue weighted by atomic mass is 32.2. The van der Waals surface area contributed by atoms with Gasteiger partial charge in [-0.25, -0.2) is 0 Å². The minimum absolute atomic E-state index is 0.417. The Morgan fingerprint density at radius 3 is 2.63 bits per heavy atom. The second-order valence-electron chi connectivity index (χ2n) is 3.77. The van der Waals surface area contributed by atoms with Gasteiger partial charge in [0, 0.05) is 18.1 Å². The van der Waals surface area contributed by atoms with E-state index in [-0.39, 0.29) is 0 Å². The smallest absolute Gasteiger partial charge is 0.315 e. The van der Waals surface area contributed by atoms with Crippen LogP contribution in [0, 0.1) is 0 Å². The van der Waals surface area contributed by atoms with E-state index in [1.165, 1.54) is 18.1 Å². The van der Waals surface area contributed by atoms with E-state index >= 15 is 0 Å². The standard InChI is InChI=1S/C11H11F3N4S/c1-3-19-8-4-7(11(12,13)14)5-15-9(8)10-17-16-6-18(10)2/h4-6H,3H2,1-2H3. The number of rotatable bonds is 3. The van der Waals surface area contributed by atoms with Crippen LogP contribution in [-0.4, -0.2) is 25.5 Å². The molecule has 2 aromatic rings. The Bertz CT molecular complexity index is 580. The van der Waals surface area contributed by atoms with Gasteiger partial charge in [0.2, 0.25) is 0 Å². The minimum atomic E-state index is -4.39. The monoisotopic (exact) mass is 288 g/mol. The molecule has 0 amide bonds. The van der Waals surface area contributed by atoms with Crippen LogP contribution in [0.2, 0.25) is 0 Å². The summed E-state index contributed by atoms with van der Waals surface area (Å²) >= 11 is 1.30. The maximum absolute atomic E-state index is 12.7. The Morgan fingerprint density at radius 2 is 2.11 bits per heavy atom. The molecule has 2 heterocycles. The Labute approximate surface area is 112 Å². The van der Waals surface area contributed by atoms with Crippen molar-refractivity contribution in [3.63, 3.8) is 0 Å². The second-order valence-corrected chi connectivity index (χ2v) is 5.07. The van der Waals surface area contributed by atoms with E-state index in [2.05, 4.69) is 15.2 Å². The van der Waals surface area contributed by atoms with Crippen LogP contribution < -0.4 is 0 Å². The predicted molar refractivity (Wildman–Crippen MR) is 65.6 cm³/mol. The average molecular weight is 288 g/mol. The summed E-state index contributed by atoms with van der Waals surface area (Å²) in [5, 5.41) is 7.59. The van der Waals surface area contributed by atoms with E-state index in [0.717, 1.165) is 12.3 Å². The van der Waals surface area contributed by atoms with Crippen LogP contribution in [0.5, 0.6) is 0 Å². The summed E-state index contributed by atoms with van der Waals surface area (Å²) in [6.45, 7) is 1.87. The van der Waals surface area contributed by atoms with Gasteiger partial charge >= 0.3 is 6.18 Å². The van der Waals surface area contributed by atoms with Crippen molar-refractivity contribution in [2.24, 2.45) is 7.05 Å². The van der Waals surface area contributed by atoms with E-state index in [9.17, 15) is 13.2 Å². The van der Waals surface area contributed by atoms with Gasteiger partial charge in [0.15, 0.2) is 5.82 Å². The molecule has 102 valence electrons. The molecule has 0 atom stereocenters. The van der Waals surface area contributed by atoms with E-state index in [0.29, 0.717) is 22.2 Å². The van der Waals surface area contributed by atoms with Crippen molar-refractivity contribution in [3.8, 4) is 11.5 Å². The largest absolute Gasteiger partial charge is 0.417 e. The highest BCUT2D eigenvalue weighted by Crippen LogP contribution is 2.35. The van der Waals surface area contributed by atoms with E-state index in [4.69, 9.17) is 0 Å². The minimum Gasteiger partial charge on any atom is -0.315 e. The zero-order valence-corrected chi connectivity index (χ0v) is 11.1. The van der Waals surface area contributed by atoms with Crippen LogP contribution in [0.15, 0.2) is 23.5 Å². The van der Waals surface area contributed by atoms with Crippen molar-refractivity contribution in [1.29, 1.82) is 0 Å². The van der Waals surface area contributed by atoms with Gasteiger partial charge in [-0.15, -0.1) is 22.0 Å². The van der Waals surface area contributed by atoms with Crippen LogP contribution in [0.3, 0.4) is 0 Å². The summed E-state index contributed by atoms with van der Waals surface area (Å²) in [6, 6.07) is 1.10. The van der Waals surface area contributed by atoms with Crippen molar-refractivity contribution < 1.29 is 13.2 Å². The molecular weight excluding hydrogens is 277 g/mol. The Morgan fingerprint density at radius 1 is 1.37 bits per heavy atom. The quantitative estimate of drug-likeness (QED) is 0.814. The molecule has 0 saturated carbocycles. The fourth-order valence-electron chi connectivity index (χ4n) is 1.53. The SMILES string of the molecule is CCSc1cc(C(F)(F)F)cnc1-c1nncn1C. The molecule has 0 aliphatic heterocycles. The number of thioether (sulfide) groups is 1. The molecule has 19 heavy (non-hydrogen) atoms. The molecule has 0 fully saturated rings. The molecule has 0 N–H and O–H groups in total. The number of nitrogens with zero attached hydrogens (tertiary/aromatic N) is 4. The van der Waals surface area contributed by atoms with Crippen LogP contribution >= 0.6 is 11.8 Å². The first-order chi connectivity index (χ1) is 8.93. The third-order valence-electron chi connectivity index (χ3n) is 2.40. The van der Waals surface area contributed by atoms with Gasteiger partial charge in [0.1, 0.15) is 12.0 Å². The van der Waals surface area contributed by atoms with Gasteiger partial charge in [-0.05, 0) is 11.8 Å². The molecule has 0 bridgehead atoms. The van der Waals surface area contributed by atoms with Crippen molar-refractivity contribution >= 4 is 11.8 Å². The second kappa shape index (κ2) is 5.20. The van der Waals surface area contributed by atoms with Crippen molar-refractivity contribution in [1.82, 2.24) is 19.7 Å². The lowest BCUT2D eigenvalue weighted by Gasteiger charge is -2.11. The molecule has 0 unspecified atom stereocenters. The third-order valence-corrected chi connectivity index (χ3v) is 3.31. The maximum Gasteiger partial charge on any atom is 0.417 e. The highest BCUT2D eigenvalue weighted by molar-refractivity contribution is 7.99. The molecule has 2 aromatic heterocycles. The molecular formula is C11H11F3N4S. The number of aryl methyl sites for hydroxylation is 1. The molecule has 0 spiro atoms. The predicted octanol–water partition coefficient (Wildman–Crippen LogP) is 3.01. The molecule has 0 aliphatic rings. The number of halogens is 3. The fourth-order valence-corrected chi connectivity index (χ4v) is 2.33. The summed E-state index contributed by atoms with van der Waals surface area (Å²) in [6.07, 6.45) is -2.09. The molecule has 4 nitrogen and oxygen atoms in total. The number of aromatic nitrogens is 4. The summed E-state index contributed by atoms with van der Waals surface area (Å²) < 4.78 is 39.7. The van der Waals surface area contributed by atoms with Crippen LogP contribution in [0.1, 0.15) is 12.5 Å². The summed E-state index contributed by atoms with van der Waals surface area (Å²) in [7, 11) is 1.72. The lowest BCUT2D eigenvalue weighted by Crippen LogP contribution is -2.07. The van der Waals surface area contributed by atoms with Gasteiger partial charge in [-0.3, -0.25) is 4.98 Å². The highest BCUT2D eigenvalue weighted by Gasteiger charge is 2.32. The van der Waals surface area contributed by atoms with Gasteiger partial charge in [0.05, 0.1) is 5.56 Å². The van der Waals surface area contributed by atoms with Crippen molar-refractivity contribution in [2.45, 2.75) is 18.0 Å². The van der Waals surface area contributed by atoms with E-state index < -0.39 is 11.7 Å². The molecule has 0 saturated heterocycles. The zero-order chi connectivity index (χ0) is 14.0. The Kier molecular flexibility index (Phi) is 3.79. The first-order valence-electron chi connectivity index (χ1n) is 5.48. The van der Waals surface area contributed by atoms with Gasteiger partial charge < -0.3 is 4.57 Å². The molecule has 2 rings (SSSR count). The average Bonchev–Trinajstić information content (AvgIpc) is 2.74. The van der Waals surface area contributed by atoms with E-state index in [1.54, 1.807) is 11.6 Å². The van der Waals surface area contributed by atoms with Gasteiger partial charge in [-0.2, -0.15) is 13.2 Å². The molecule has 8 heteroatoms. The molecule has 0 aromatic carbocycles. The molecule has 0 aliphatic carbocycles. The zero-order valence-electron chi connectivity index (χ0n) is 10.3. The van der Waals surface area contributed by atoms with Crippen molar-refractivity contribution in [3.05, 3.63) is 24.2 Å². The first kappa shape index (κ1) is 13.9. The van der Waals surface area contributed by atoms with Crippen LogP contribution in [0.4, 0.5) is 13.2 Å². The van der Waals surface area contributed by atoms with Crippen molar-refractivity contribution in [2.75, 3.05) is 5.75 Å². The molecule has 0 radical (unpaired) electrons. The lowest BCUT2D eigenvalue weighted by atomic mass is 10.2. The topological polar surface area (TPSA) is 43.6 Å². The summed E-state index contributed by atoms with van der Waals surface area (Å²) in [5.74, 6) is 1.10. The Balaban J connectivity index is 2.53. The fraction of sp³-hybridized carbons (Fsp3) is 0.364. The lowest BCUT2D eigenvalue weighted by molar-refractivity contribution is -0.138. The number of pyridine rings is 1. The van der Waals surface area contributed by atoms with Gasteiger partial charge in [0.25, 0.3) is 0 Å². The number of hydrogen-bond donors (Lipinski definition) is 0. The number of hydrogen-bond acceptors (Lipinski definition) is 4. The Hall–Kier alpha value is -1.57. The number of alkyl halides is 3. The normalized spacial score (nSPS) is 11.8.